The Morgan fingerprint density at radius 1 is 1.23 bits per heavy atom. The number of hydrogen-bond donors (Lipinski definition) is 4. The zero-order chi connectivity index (χ0) is 15.2. The number of carbonyl (C=O) groups excluding carboxylic acids is 2. The highest BCUT2D eigenvalue weighted by molar-refractivity contribution is 5.94. The van der Waals surface area contributed by atoms with E-state index in [9.17, 15) is 9.59 Å². The number of nitrogens with two attached hydrogens (primary N) is 2. The van der Waals surface area contributed by atoms with E-state index < -0.39 is 12.1 Å². The van der Waals surface area contributed by atoms with Gasteiger partial charge < -0.3 is 26.8 Å². The quantitative estimate of drug-likeness (QED) is 0.636. The van der Waals surface area contributed by atoms with Gasteiger partial charge in [0.1, 0.15) is 6.10 Å². The molecule has 1 aliphatic heterocycles. The second kappa shape index (κ2) is 8.57. The van der Waals surface area contributed by atoms with Crippen molar-refractivity contribution in [2.75, 3.05) is 11.9 Å². The first-order valence-corrected chi connectivity index (χ1v) is 6.87. The van der Waals surface area contributed by atoms with Crippen molar-refractivity contribution in [1.29, 1.82) is 0 Å². The summed E-state index contributed by atoms with van der Waals surface area (Å²) >= 11 is 0. The van der Waals surface area contributed by atoms with Crippen LogP contribution in [0.15, 0.2) is 24.3 Å². The summed E-state index contributed by atoms with van der Waals surface area (Å²) in [6, 6.07) is 6.59. The van der Waals surface area contributed by atoms with Crippen LogP contribution in [0.2, 0.25) is 0 Å². The fraction of sp³-hybridized carbons (Fsp3) is 0.429. The molecule has 0 saturated carbocycles. The Morgan fingerprint density at radius 2 is 1.91 bits per heavy atom. The fourth-order valence-electron chi connectivity index (χ4n) is 2.19. The van der Waals surface area contributed by atoms with E-state index in [1.807, 2.05) is 12.1 Å². The molecule has 1 heterocycles. The van der Waals surface area contributed by atoms with Gasteiger partial charge >= 0.3 is 6.03 Å². The Kier molecular flexibility index (Phi) is 7.10. The van der Waals surface area contributed by atoms with Crippen LogP contribution in [0.5, 0.6) is 0 Å². The molecule has 122 valence electrons. The molecule has 1 aliphatic rings. The standard InChI is InChI=1S/C14H20N4O3.ClH/c15-7-11-5-6-12(21-11)13(19)18-10-3-1-9(2-4-10)8-17-14(16)20;/h1-4,11-12H,5-8,15H2,(H,18,19)(H3,16,17,20);1H/t11-,12+;/m1./s1. The summed E-state index contributed by atoms with van der Waals surface area (Å²) in [5.41, 5.74) is 12.1. The van der Waals surface area contributed by atoms with Gasteiger partial charge in [-0.3, -0.25) is 4.79 Å². The third kappa shape index (κ3) is 5.18. The predicted octanol–water partition coefficient (Wildman–Crippen LogP) is 0.721. The molecular weight excluding hydrogens is 308 g/mol. The molecule has 1 aromatic carbocycles. The fourth-order valence-corrected chi connectivity index (χ4v) is 2.19. The Bertz CT molecular complexity index is 509. The summed E-state index contributed by atoms with van der Waals surface area (Å²) in [6.07, 6.45) is 1.04. The summed E-state index contributed by atoms with van der Waals surface area (Å²) in [7, 11) is 0. The Hall–Kier alpha value is -1.83. The first kappa shape index (κ1) is 18.2. The first-order valence-electron chi connectivity index (χ1n) is 6.87. The minimum atomic E-state index is -0.569. The lowest BCUT2D eigenvalue weighted by Gasteiger charge is -2.13. The second-order valence-electron chi connectivity index (χ2n) is 4.96. The average Bonchev–Trinajstić information content (AvgIpc) is 2.95. The third-order valence-corrected chi connectivity index (χ3v) is 3.35. The highest BCUT2D eigenvalue weighted by atomic mass is 35.5. The molecule has 8 heteroatoms. The molecule has 3 amide bonds. The molecule has 2 rings (SSSR count). The maximum absolute atomic E-state index is 12.0. The van der Waals surface area contributed by atoms with Gasteiger partial charge in [-0.2, -0.15) is 0 Å². The maximum atomic E-state index is 12.0. The molecule has 0 radical (unpaired) electrons. The number of ether oxygens (including phenoxy) is 1. The van der Waals surface area contributed by atoms with E-state index in [0.29, 0.717) is 25.2 Å². The van der Waals surface area contributed by atoms with Crippen molar-refractivity contribution in [3.05, 3.63) is 29.8 Å². The van der Waals surface area contributed by atoms with E-state index in [-0.39, 0.29) is 24.4 Å². The number of primary amides is 1. The molecule has 0 bridgehead atoms. The van der Waals surface area contributed by atoms with E-state index in [2.05, 4.69) is 10.6 Å². The van der Waals surface area contributed by atoms with E-state index >= 15 is 0 Å². The van der Waals surface area contributed by atoms with Crippen LogP contribution in [-0.4, -0.2) is 30.7 Å². The van der Waals surface area contributed by atoms with Crippen LogP contribution < -0.4 is 22.1 Å². The van der Waals surface area contributed by atoms with Crippen LogP contribution in [0.25, 0.3) is 0 Å². The summed E-state index contributed by atoms with van der Waals surface area (Å²) < 4.78 is 5.53. The summed E-state index contributed by atoms with van der Waals surface area (Å²) in [4.78, 5) is 22.6. The van der Waals surface area contributed by atoms with Crippen molar-refractivity contribution >= 4 is 30.0 Å². The molecule has 6 N–H and O–H groups in total. The van der Waals surface area contributed by atoms with Crippen molar-refractivity contribution in [2.24, 2.45) is 11.5 Å². The maximum Gasteiger partial charge on any atom is 0.312 e. The van der Waals surface area contributed by atoms with Crippen LogP contribution in [0.1, 0.15) is 18.4 Å². The zero-order valence-electron chi connectivity index (χ0n) is 12.1. The Balaban J connectivity index is 0.00000242. The summed E-state index contributed by atoms with van der Waals surface area (Å²) in [6.45, 7) is 0.790. The molecule has 7 nitrogen and oxygen atoms in total. The molecule has 1 saturated heterocycles. The molecular formula is C14H21ClN4O3. The number of benzene rings is 1. The monoisotopic (exact) mass is 328 g/mol. The highest BCUT2D eigenvalue weighted by Gasteiger charge is 2.29. The van der Waals surface area contributed by atoms with Crippen LogP contribution in [-0.2, 0) is 16.1 Å². The minimum Gasteiger partial charge on any atom is -0.364 e. The number of nitrogens with one attached hydrogen (secondary N) is 2. The normalized spacial score (nSPS) is 20.0. The minimum absolute atomic E-state index is 0. The number of rotatable bonds is 5. The second-order valence-corrected chi connectivity index (χ2v) is 4.96. The molecule has 0 aromatic heterocycles. The lowest BCUT2D eigenvalue weighted by Crippen LogP contribution is -2.30. The summed E-state index contributed by atoms with van der Waals surface area (Å²) in [5, 5.41) is 5.30. The Labute approximate surface area is 135 Å². The van der Waals surface area contributed by atoms with Crippen molar-refractivity contribution in [2.45, 2.75) is 31.6 Å². The van der Waals surface area contributed by atoms with E-state index in [1.165, 1.54) is 0 Å². The molecule has 1 fully saturated rings. The third-order valence-electron chi connectivity index (χ3n) is 3.35. The number of halogens is 1. The van der Waals surface area contributed by atoms with Gasteiger partial charge in [0.05, 0.1) is 6.10 Å². The smallest absolute Gasteiger partial charge is 0.312 e. The van der Waals surface area contributed by atoms with Gasteiger partial charge in [0.2, 0.25) is 0 Å². The zero-order valence-corrected chi connectivity index (χ0v) is 12.9. The van der Waals surface area contributed by atoms with E-state index in [1.54, 1.807) is 12.1 Å². The number of urea groups is 1. The molecule has 0 unspecified atom stereocenters. The number of amides is 3. The highest BCUT2D eigenvalue weighted by Crippen LogP contribution is 2.20. The van der Waals surface area contributed by atoms with Gasteiger partial charge in [0.15, 0.2) is 0 Å². The molecule has 0 spiro atoms. The van der Waals surface area contributed by atoms with Crippen LogP contribution in [0.3, 0.4) is 0 Å². The van der Waals surface area contributed by atoms with Gasteiger partial charge in [-0.1, -0.05) is 12.1 Å². The van der Waals surface area contributed by atoms with Crippen molar-refractivity contribution in [3.63, 3.8) is 0 Å². The summed E-state index contributed by atoms with van der Waals surface area (Å²) in [5.74, 6) is -0.158. The van der Waals surface area contributed by atoms with E-state index in [0.717, 1.165) is 12.0 Å². The topological polar surface area (TPSA) is 119 Å². The lowest BCUT2D eigenvalue weighted by atomic mass is 10.1. The van der Waals surface area contributed by atoms with Gasteiger partial charge in [0.25, 0.3) is 5.91 Å². The van der Waals surface area contributed by atoms with Crippen molar-refractivity contribution in [1.82, 2.24) is 5.32 Å². The molecule has 2 atom stereocenters. The first-order chi connectivity index (χ1) is 10.1. The van der Waals surface area contributed by atoms with Gasteiger partial charge in [0, 0.05) is 18.8 Å². The predicted molar refractivity (Wildman–Crippen MR) is 85.7 cm³/mol. The number of carbonyl (C=O) groups is 2. The van der Waals surface area contributed by atoms with Gasteiger partial charge in [-0.25, -0.2) is 4.79 Å². The van der Waals surface area contributed by atoms with Crippen LogP contribution >= 0.6 is 12.4 Å². The van der Waals surface area contributed by atoms with Gasteiger partial charge in [-0.15, -0.1) is 12.4 Å². The number of hydrogen-bond acceptors (Lipinski definition) is 4. The van der Waals surface area contributed by atoms with Crippen molar-refractivity contribution < 1.29 is 14.3 Å². The average molecular weight is 329 g/mol. The van der Waals surface area contributed by atoms with E-state index in [4.69, 9.17) is 16.2 Å². The van der Waals surface area contributed by atoms with Gasteiger partial charge in [-0.05, 0) is 30.5 Å². The van der Waals surface area contributed by atoms with Crippen molar-refractivity contribution in [3.8, 4) is 0 Å². The SMILES string of the molecule is Cl.NC[C@H]1CC[C@@H](C(=O)Nc2ccc(CNC(N)=O)cc2)O1. The molecule has 1 aromatic rings. The van der Waals surface area contributed by atoms with Crippen LogP contribution in [0, 0.1) is 0 Å². The largest absolute Gasteiger partial charge is 0.364 e. The number of anilines is 1. The Morgan fingerprint density at radius 3 is 2.45 bits per heavy atom. The van der Waals surface area contributed by atoms with Crippen LogP contribution in [0.4, 0.5) is 10.5 Å². The molecule has 22 heavy (non-hydrogen) atoms. The molecule has 0 aliphatic carbocycles. The lowest BCUT2D eigenvalue weighted by molar-refractivity contribution is -0.126.